The second kappa shape index (κ2) is 4.08. The fourth-order valence-electron chi connectivity index (χ4n) is 1.19. The first kappa shape index (κ1) is 9.79. The number of piperazine rings is 1. The van der Waals surface area contributed by atoms with Gasteiger partial charge in [0.15, 0.2) is 0 Å². The molecule has 6 heteroatoms. The summed E-state index contributed by atoms with van der Waals surface area (Å²) < 4.78 is 4.46. The molecule has 1 saturated heterocycles. The molecule has 2 N–H and O–H groups in total. The summed E-state index contributed by atoms with van der Waals surface area (Å²) in [5.74, 6) is -0.282. The lowest BCUT2D eigenvalue weighted by Crippen LogP contribution is -2.57. The summed E-state index contributed by atoms with van der Waals surface area (Å²) >= 11 is 0. The molecule has 1 rings (SSSR count). The van der Waals surface area contributed by atoms with Gasteiger partial charge in [0, 0.05) is 6.54 Å². The summed E-state index contributed by atoms with van der Waals surface area (Å²) in [4.78, 5) is 23.3. The number of rotatable bonds is 1. The van der Waals surface area contributed by atoms with E-state index in [-0.39, 0.29) is 31.6 Å². The maximum atomic E-state index is 11.0. The Balaban J connectivity index is 2.56. The standard InChI is InChI=1S/C7H12N2O4/c1-13-7(12)9-2-5(4-10)8-6(11)3-9/h5,10H,2-4H2,1H3,(H,8,11)/t5-/m0/s1. The van der Waals surface area contributed by atoms with Crippen molar-refractivity contribution in [3.8, 4) is 0 Å². The zero-order valence-corrected chi connectivity index (χ0v) is 7.32. The number of aliphatic hydroxyl groups excluding tert-OH is 1. The number of nitrogens with one attached hydrogen (secondary N) is 1. The van der Waals surface area contributed by atoms with Gasteiger partial charge in [0.05, 0.1) is 19.8 Å². The Morgan fingerprint density at radius 2 is 2.54 bits per heavy atom. The van der Waals surface area contributed by atoms with Gasteiger partial charge in [0.2, 0.25) is 5.91 Å². The second-order valence-corrected chi connectivity index (χ2v) is 2.80. The highest BCUT2D eigenvalue weighted by Gasteiger charge is 2.27. The number of methoxy groups -OCH3 is 1. The first-order valence-electron chi connectivity index (χ1n) is 3.90. The highest BCUT2D eigenvalue weighted by atomic mass is 16.5. The molecule has 1 heterocycles. The lowest BCUT2D eigenvalue weighted by atomic mass is 10.2. The lowest BCUT2D eigenvalue weighted by Gasteiger charge is -2.30. The molecule has 1 atom stereocenters. The van der Waals surface area contributed by atoms with Crippen LogP contribution in [0.1, 0.15) is 0 Å². The van der Waals surface area contributed by atoms with E-state index >= 15 is 0 Å². The molecule has 1 aliphatic heterocycles. The SMILES string of the molecule is COC(=O)N1CC(=O)N[C@H](CO)C1. The van der Waals surface area contributed by atoms with Gasteiger partial charge in [-0.25, -0.2) is 4.79 Å². The van der Waals surface area contributed by atoms with Gasteiger partial charge < -0.3 is 15.2 Å². The third-order valence-electron chi connectivity index (χ3n) is 1.79. The topological polar surface area (TPSA) is 78.9 Å². The minimum Gasteiger partial charge on any atom is -0.453 e. The van der Waals surface area contributed by atoms with Crippen molar-refractivity contribution in [2.45, 2.75) is 6.04 Å². The highest BCUT2D eigenvalue weighted by molar-refractivity contribution is 5.83. The number of ether oxygens (including phenoxy) is 1. The normalized spacial score (nSPS) is 22.5. The van der Waals surface area contributed by atoms with Crippen molar-refractivity contribution >= 4 is 12.0 Å². The van der Waals surface area contributed by atoms with Gasteiger partial charge in [0.25, 0.3) is 0 Å². The number of hydrogen-bond donors (Lipinski definition) is 2. The maximum Gasteiger partial charge on any atom is 0.410 e. The van der Waals surface area contributed by atoms with E-state index in [1.165, 1.54) is 12.0 Å². The van der Waals surface area contributed by atoms with E-state index < -0.39 is 6.09 Å². The molecular weight excluding hydrogens is 176 g/mol. The molecular formula is C7H12N2O4. The lowest BCUT2D eigenvalue weighted by molar-refractivity contribution is -0.125. The van der Waals surface area contributed by atoms with Crippen molar-refractivity contribution in [1.82, 2.24) is 10.2 Å². The third-order valence-corrected chi connectivity index (χ3v) is 1.79. The molecule has 0 bridgehead atoms. The Morgan fingerprint density at radius 3 is 3.08 bits per heavy atom. The molecule has 2 amide bonds. The molecule has 1 aliphatic rings. The van der Waals surface area contributed by atoms with Crippen LogP contribution in [0.2, 0.25) is 0 Å². The van der Waals surface area contributed by atoms with Crippen LogP contribution in [-0.4, -0.2) is 54.9 Å². The van der Waals surface area contributed by atoms with Crippen molar-refractivity contribution in [2.24, 2.45) is 0 Å². The van der Waals surface area contributed by atoms with Crippen LogP contribution < -0.4 is 5.32 Å². The zero-order valence-electron chi connectivity index (χ0n) is 7.32. The predicted octanol–water partition coefficient (Wildman–Crippen LogP) is -1.45. The average Bonchev–Trinajstić information content (AvgIpc) is 2.15. The van der Waals surface area contributed by atoms with E-state index in [4.69, 9.17) is 5.11 Å². The summed E-state index contributed by atoms with van der Waals surface area (Å²) in [5, 5.41) is 11.3. The molecule has 13 heavy (non-hydrogen) atoms. The molecule has 74 valence electrons. The van der Waals surface area contributed by atoms with Crippen LogP contribution in [0.5, 0.6) is 0 Å². The van der Waals surface area contributed by atoms with Crippen LogP contribution in [0.25, 0.3) is 0 Å². The number of aliphatic hydroxyl groups is 1. The van der Waals surface area contributed by atoms with Gasteiger partial charge in [0.1, 0.15) is 6.54 Å². The minimum absolute atomic E-state index is 0.0107. The van der Waals surface area contributed by atoms with Gasteiger partial charge in [-0.05, 0) is 0 Å². The Kier molecular flexibility index (Phi) is 3.07. The zero-order chi connectivity index (χ0) is 9.84. The molecule has 0 unspecified atom stereocenters. The summed E-state index contributed by atoms with van der Waals surface area (Å²) in [6.45, 7) is 0.0946. The first-order valence-corrected chi connectivity index (χ1v) is 3.90. The van der Waals surface area contributed by atoms with Gasteiger partial charge in [-0.3, -0.25) is 9.69 Å². The number of amides is 2. The Labute approximate surface area is 75.5 Å². The first-order chi connectivity index (χ1) is 6.17. The largest absolute Gasteiger partial charge is 0.453 e. The fourth-order valence-corrected chi connectivity index (χ4v) is 1.19. The Bertz CT molecular complexity index is 219. The number of carbonyl (C=O) groups is 2. The van der Waals surface area contributed by atoms with Crippen LogP contribution in [0.3, 0.4) is 0 Å². The predicted molar refractivity (Wildman–Crippen MR) is 43.0 cm³/mol. The smallest absolute Gasteiger partial charge is 0.410 e. The quantitative estimate of drug-likeness (QED) is 0.527. The van der Waals surface area contributed by atoms with Crippen molar-refractivity contribution in [2.75, 3.05) is 26.8 Å². The van der Waals surface area contributed by atoms with E-state index in [2.05, 4.69) is 10.1 Å². The van der Waals surface area contributed by atoms with Crippen molar-refractivity contribution in [3.63, 3.8) is 0 Å². The molecule has 0 spiro atoms. The average molecular weight is 188 g/mol. The van der Waals surface area contributed by atoms with Gasteiger partial charge in [-0.15, -0.1) is 0 Å². The summed E-state index contributed by atoms with van der Waals surface area (Å²) in [6, 6.07) is -0.389. The van der Waals surface area contributed by atoms with Crippen LogP contribution in [0, 0.1) is 0 Å². The molecule has 6 nitrogen and oxygen atoms in total. The van der Waals surface area contributed by atoms with E-state index in [1.807, 2.05) is 0 Å². The van der Waals surface area contributed by atoms with Gasteiger partial charge in [-0.1, -0.05) is 0 Å². The summed E-state index contributed by atoms with van der Waals surface area (Å²) in [5.41, 5.74) is 0. The third kappa shape index (κ3) is 2.32. The van der Waals surface area contributed by atoms with Crippen LogP contribution in [0.4, 0.5) is 4.79 Å². The number of nitrogens with zero attached hydrogens (tertiary/aromatic N) is 1. The molecule has 0 radical (unpaired) electrons. The highest BCUT2D eigenvalue weighted by Crippen LogP contribution is 2.01. The Hall–Kier alpha value is -1.30. The van der Waals surface area contributed by atoms with E-state index in [1.54, 1.807) is 0 Å². The van der Waals surface area contributed by atoms with Gasteiger partial charge >= 0.3 is 6.09 Å². The molecule has 0 aromatic carbocycles. The van der Waals surface area contributed by atoms with Crippen molar-refractivity contribution < 1.29 is 19.4 Å². The van der Waals surface area contributed by atoms with E-state index in [9.17, 15) is 9.59 Å². The van der Waals surface area contributed by atoms with Crippen molar-refractivity contribution in [3.05, 3.63) is 0 Å². The van der Waals surface area contributed by atoms with Crippen LogP contribution >= 0.6 is 0 Å². The summed E-state index contributed by atoms with van der Waals surface area (Å²) in [6.07, 6.45) is -0.548. The monoisotopic (exact) mass is 188 g/mol. The fraction of sp³-hybridized carbons (Fsp3) is 0.714. The van der Waals surface area contributed by atoms with E-state index in [0.717, 1.165) is 0 Å². The minimum atomic E-state index is -0.548. The molecule has 1 fully saturated rings. The second-order valence-electron chi connectivity index (χ2n) is 2.80. The van der Waals surface area contributed by atoms with Crippen LogP contribution in [0.15, 0.2) is 0 Å². The molecule has 0 aromatic rings. The van der Waals surface area contributed by atoms with Crippen LogP contribution in [-0.2, 0) is 9.53 Å². The van der Waals surface area contributed by atoms with Gasteiger partial charge in [-0.2, -0.15) is 0 Å². The molecule has 0 saturated carbocycles. The molecule has 0 aromatic heterocycles. The molecule has 0 aliphatic carbocycles. The number of carbonyl (C=O) groups excluding carboxylic acids is 2. The van der Waals surface area contributed by atoms with E-state index in [0.29, 0.717) is 0 Å². The summed E-state index contributed by atoms with van der Waals surface area (Å²) in [7, 11) is 1.25. The maximum absolute atomic E-state index is 11.0. The Morgan fingerprint density at radius 1 is 1.85 bits per heavy atom. The number of hydrogen-bond acceptors (Lipinski definition) is 4. The van der Waals surface area contributed by atoms with Crippen molar-refractivity contribution in [1.29, 1.82) is 0 Å².